The van der Waals surface area contributed by atoms with Crippen LogP contribution in [0.15, 0.2) is 18.2 Å². The highest BCUT2D eigenvalue weighted by atomic mass is 35.5. The van der Waals surface area contributed by atoms with Crippen molar-refractivity contribution in [1.82, 2.24) is 5.32 Å². The molecule has 0 aromatic heterocycles. The van der Waals surface area contributed by atoms with Gasteiger partial charge in [0, 0.05) is 0 Å². The van der Waals surface area contributed by atoms with Crippen LogP contribution in [-0.2, 0) is 0 Å². The minimum absolute atomic E-state index is 0.171. The van der Waals surface area contributed by atoms with E-state index in [9.17, 15) is 18.0 Å². The minimum Gasteiger partial charge on any atom is -0.390 e. The number of alkyl halides is 2. The van der Waals surface area contributed by atoms with Crippen LogP contribution >= 0.6 is 11.6 Å². The van der Waals surface area contributed by atoms with Gasteiger partial charge in [0.05, 0.1) is 17.1 Å². The lowest BCUT2D eigenvalue weighted by Crippen LogP contribution is -2.39. The molecule has 17 heavy (non-hydrogen) atoms. The van der Waals surface area contributed by atoms with Crippen molar-refractivity contribution >= 4 is 17.5 Å². The first-order valence-corrected chi connectivity index (χ1v) is 4.96. The molecule has 0 unspecified atom stereocenters. The van der Waals surface area contributed by atoms with Crippen molar-refractivity contribution in [2.75, 3.05) is 13.2 Å². The average molecular weight is 268 g/mol. The van der Waals surface area contributed by atoms with Gasteiger partial charge in [-0.15, -0.1) is 0 Å². The Balaban J connectivity index is 2.78. The summed E-state index contributed by atoms with van der Waals surface area (Å²) in [6.45, 7) is -2.49. The van der Waals surface area contributed by atoms with Crippen LogP contribution in [0.3, 0.4) is 0 Å². The SMILES string of the molecule is O=C(NCC(F)(F)CO)c1c(F)cccc1Cl. The zero-order valence-corrected chi connectivity index (χ0v) is 9.27. The Morgan fingerprint density at radius 2 is 2.12 bits per heavy atom. The number of aliphatic hydroxyl groups excluding tert-OH is 1. The first kappa shape index (κ1) is 13.8. The third-order valence-corrected chi connectivity index (χ3v) is 2.24. The van der Waals surface area contributed by atoms with Gasteiger partial charge in [-0.2, -0.15) is 0 Å². The Bertz CT molecular complexity index is 406. The average Bonchev–Trinajstić information content (AvgIpc) is 2.26. The monoisotopic (exact) mass is 267 g/mol. The molecule has 3 nitrogen and oxygen atoms in total. The second-order valence-corrected chi connectivity index (χ2v) is 3.70. The lowest BCUT2D eigenvalue weighted by Gasteiger charge is -2.14. The summed E-state index contributed by atoms with van der Waals surface area (Å²) in [6.07, 6.45) is 0. The van der Waals surface area contributed by atoms with E-state index in [0.717, 1.165) is 6.07 Å². The third-order valence-electron chi connectivity index (χ3n) is 1.93. The maximum absolute atomic E-state index is 13.2. The lowest BCUT2D eigenvalue weighted by molar-refractivity contribution is -0.0462. The number of aliphatic hydroxyl groups is 1. The Labute approximate surface area is 100 Å². The number of hydrogen-bond donors (Lipinski definition) is 2. The molecule has 0 aliphatic heterocycles. The second-order valence-electron chi connectivity index (χ2n) is 3.29. The molecule has 2 N–H and O–H groups in total. The number of nitrogens with one attached hydrogen (secondary N) is 1. The van der Waals surface area contributed by atoms with Crippen LogP contribution < -0.4 is 5.32 Å². The van der Waals surface area contributed by atoms with Crippen molar-refractivity contribution < 1.29 is 23.1 Å². The molecule has 0 saturated carbocycles. The van der Waals surface area contributed by atoms with Gasteiger partial charge in [0.2, 0.25) is 0 Å². The molecule has 7 heteroatoms. The normalized spacial score (nSPS) is 11.4. The van der Waals surface area contributed by atoms with Crippen molar-refractivity contribution in [2.24, 2.45) is 0 Å². The van der Waals surface area contributed by atoms with Gasteiger partial charge >= 0.3 is 0 Å². The van der Waals surface area contributed by atoms with Crippen molar-refractivity contribution in [3.63, 3.8) is 0 Å². The maximum Gasteiger partial charge on any atom is 0.287 e. The van der Waals surface area contributed by atoms with E-state index in [1.807, 2.05) is 0 Å². The summed E-state index contributed by atoms with van der Waals surface area (Å²) >= 11 is 5.57. The Morgan fingerprint density at radius 1 is 1.47 bits per heavy atom. The molecule has 0 aliphatic carbocycles. The molecule has 0 atom stereocenters. The number of carbonyl (C=O) groups excluding carboxylic acids is 1. The Morgan fingerprint density at radius 3 is 2.65 bits per heavy atom. The second kappa shape index (κ2) is 5.37. The Hall–Kier alpha value is -1.27. The van der Waals surface area contributed by atoms with Crippen LogP contribution in [0.25, 0.3) is 0 Å². The standard InChI is InChI=1S/C10H9ClF3NO2/c11-6-2-1-3-7(12)8(6)9(17)15-4-10(13,14)5-16/h1-3,16H,4-5H2,(H,15,17). The molecule has 1 aromatic rings. The van der Waals surface area contributed by atoms with Crippen molar-refractivity contribution in [3.05, 3.63) is 34.6 Å². The molecular formula is C10H9ClF3NO2. The number of rotatable bonds is 4. The topological polar surface area (TPSA) is 49.3 Å². The smallest absolute Gasteiger partial charge is 0.287 e. The van der Waals surface area contributed by atoms with Gasteiger partial charge in [-0.25, -0.2) is 13.2 Å². The van der Waals surface area contributed by atoms with E-state index in [0.29, 0.717) is 0 Å². The number of carbonyl (C=O) groups is 1. The summed E-state index contributed by atoms with van der Waals surface area (Å²) in [5.74, 6) is -5.41. The molecule has 0 radical (unpaired) electrons. The number of benzene rings is 1. The molecule has 0 saturated heterocycles. The maximum atomic E-state index is 13.2. The number of hydrogen-bond acceptors (Lipinski definition) is 2. The zero-order valence-electron chi connectivity index (χ0n) is 8.51. The van der Waals surface area contributed by atoms with Gasteiger partial charge in [0.25, 0.3) is 11.8 Å². The van der Waals surface area contributed by atoms with E-state index in [4.69, 9.17) is 16.7 Å². The minimum atomic E-state index is -3.45. The van der Waals surface area contributed by atoms with Crippen LogP contribution in [0.4, 0.5) is 13.2 Å². The molecular weight excluding hydrogens is 259 g/mol. The van der Waals surface area contributed by atoms with Crippen molar-refractivity contribution in [1.29, 1.82) is 0 Å². The third kappa shape index (κ3) is 3.61. The lowest BCUT2D eigenvalue weighted by atomic mass is 10.2. The van der Waals surface area contributed by atoms with Gasteiger partial charge < -0.3 is 10.4 Å². The van der Waals surface area contributed by atoms with E-state index in [2.05, 4.69) is 0 Å². The molecule has 94 valence electrons. The quantitative estimate of drug-likeness (QED) is 0.874. The fourth-order valence-electron chi connectivity index (χ4n) is 1.07. The van der Waals surface area contributed by atoms with E-state index < -0.39 is 36.4 Å². The highest BCUT2D eigenvalue weighted by Gasteiger charge is 2.29. The van der Waals surface area contributed by atoms with Crippen LogP contribution in [-0.4, -0.2) is 30.1 Å². The number of amides is 1. The largest absolute Gasteiger partial charge is 0.390 e. The molecule has 0 aliphatic rings. The van der Waals surface area contributed by atoms with Crippen LogP contribution in [0.1, 0.15) is 10.4 Å². The van der Waals surface area contributed by atoms with Crippen LogP contribution in [0.2, 0.25) is 5.02 Å². The van der Waals surface area contributed by atoms with Crippen molar-refractivity contribution in [3.8, 4) is 0 Å². The van der Waals surface area contributed by atoms with E-state index in [1.54, 1.807) is 5.32 Å². The first-order valence-electron chi connectivity index (χ1n) is 4.58. The van der Waals surface area contributed by atoms with E-state index in [-0.39, 0.29) is 5.02 Å². The summed E-state index contributed by atoms with van der Waals surface area (Å²) in [5, 5.41) is 9.91. The van der Waals surface area contributed by atoms with Gasteiger partial charge in [0.1, 0.15) is 12.4 Å². The molecule has 0 bridgehead atoms. The van der Waals surface area contributed by atoms with Gasteiger partial charge in [0.15, 0.2) is 0 Å². The predicted octanol–water partition coefficient (Wildman–Crippen LogP) is 1.84. The summed E-state index contributed by atoms with van der Waals surface area (Å²) in [6, 6.07) is 3.55. The number of halogens is 4. The zero-order chi connectivity index (χ0) is 13.1. The van der Waals surface area contributed by atoms with Crippen LogP contribution in [0, 0.1) is 5.82 Å². The molecule has 1 rings (SSSR count). The molecule has 0 spiro atoms. The molecule has 1 amide bonds. The van der Waals surface area contributed by atoms with Gasteiger partial charge in [-0.1, -0.05) is 17.7 Å². The van der Waals surface area contributed by atoms with Gasteiger partial charge in [-0.3, -0.25) is 4.79 Å². The van der Waals surface area contributed by atoms with Gasteiger partial charge in [-0.05, 0) is 12.1 Å². The summed E-state index contributed by atoms with van der Waals surface area (Å²) < 4.78 is 38.5. The summed E-state index contributed by atoms with van der Waals surface area (Å²) in [5.41, 5.74) is -0.497. The van der Waals surface area contributed by atoms with Crippen molar-refractivity contribution in [2.45, 2.75) is 5.92 Å². The highest BCUT2D eigenvalue weighted by molar-refractivity contribution is 6.33. The van der Waals surface area contributed by atoms with E-state index >= 15 is 0 Å². The first-order chi connectivity index (χ1) is 7.87. The molecule has 0 heterocycles. The van der Waals surface area contributed by atoms with E-state index in [1.165, 1.54) is 12.1 Å². The van der Waals surface area contributed by atoms with Crippen LogP contribution in [0.5, 0.6) is 0 Å². The predicted molar refractivity (Wildman–Crippen MR) is 55.8 cm³/mol. The summed E-state index contributed by atoms with van der Waals surface area (Å²) in [7, 11) is 0. The highest BCUT2D eigenvalue weighted by Crippen LogP contribution is 2.19. The Kier molecular flexibility index (Phi) is 4.36. The molecule has 0 fully saturated rings. The fraction of sp³-hybridized carbons (Fsp3) is 0.300. The fourth-order valence-corrected chi connectivity index (χ4v) is 1.32. The molecule has 1 aromatic carbocycles. The summed E-state index contributed by atoms with van der Waals surface area (Å²) in [4.78, 5) is 11.4.